The lowest BCUT2D eigenvalue weighted by Crippen LogP contribution is -2.36. The predicted octanol–water partition coefficient (Wildman–Crippen LogP) is 6.57. The number of hydrogen-bond donors (Lipinski definition) is 2. The molecule has 1 fully saturated rings. The van der Waals surface area contributed by atoms with Gasteiger partial charge in [-0.3, -0.25) is 4.79 Å². The number of carboxylic acid groups (broad SMARTS) is 1. The Hall–Kier alpha value is -3.92. The number of aromatic nitrogens is 1. The lowest BCUT2D eigenvalue weighted by molar-refractivity contribution is 0.0696. The molecule has 1 aromatic heterocycles. The average molecular weight is 579 g/mol. The van der Waals surface area contributed by atoms with Crippen LogP contribution in [0, 0.1) is 0 Å². The molecular formula is C30H31ClN4O4S. The van der Waals surface area contributed by atoms with Crippen LogP contribution in [0.3, 0.4) is 0 Å². The van der Waals surface area contributed by atoms with Gasteiger partial charge >= 0.3 is 5.97 Å². The Bertz CT molecular complexity index is 1450. The molecule has 10 heteroatoms. The zero-order valence-corrected chi connectivity index (χ0v) is 23.9. The number of carbonyl (C=O) groups excluding carboxylic acids is 1. The second-order valence-corrected chi connectivity index (χ2v) is 10.3. The molecule has 1 aliphatic rings. The van der Waals surface area contributed by atoms with E-state index in [9.17, 15) is 14.7 Å². The Morgan fingerprint density at radius 3 is 2.35 bits per heavy atom. The van der Waals surface area contributed by atoms with Gasteiger partial charge in [0, 0.05) is 52.7 Å². The van der Waals surface area contributed by atoms with Gasteiger partial charge in [-0.2, -0.15) is 0 Å². The lowest BCUT2D eigenvalue weighted by Gasteiger charge is -2.28. The maximum Gasteiger partial charge on any atom is 0.335 e. The number of benzene rings is 3. The first kappa shape index (κ1) is 29.1. The van der Waals surface area contributed by atoms with Crippen molar-refractivity contribution in [3.8, 4) is 11.3 Å². The van der Waals surface area contributed by atoms with Crippen LogP contribution in [0.5, 0.6) is 0 Å². The summed E-state index contributed by atoms with van der Waals surface area (Å²) in [6.07, 6.45) is 0. The molecular weight excluding hydrogens is 548 g/mol. The highest BCUT2D eigenvalue weighted by Crippen LogP contribution is 2.34. The number of carbonyl (C=O) groups is 2. The van der Waals surface area contributed by atoms with Crippen molar-refractivity contribution >= 4 is 57.8 Å². The number of rotatable bonds is 8. The summed E-state index contributed by atoms with van der Waals surface area (Å²) >= 11 is 1.50. The Morgan fingerprint density at radius 2 is 1.70 bits per heavy atom. The summed E-state index contributed by atoms with van der Waals surface area (Å²) in [5.74, 6) is -1.12. The number of ether oxygens (including phenoxy) is 1. The summed E-state index contributed by atoms with van der Waals surface area (Å²) in [6, 6.07) is 22.2. The first-order valence-corrected chi connectivity index (χ1v) is 13.7. The number of halogens is 1. The van der Waals surface area contributed by atoms with Crippen LogP contribution < -0.4 is 15.1 Å². The molecule has 0 unspecified atom stereocenters. The van der Waals surface area contributed by atoms with Gasteiger partial charge in [0.05, 0.1) is 24.5 Å². The van der Waals surface area contributed by atoms with Crippen molar-refractivity contribution in [1.29, 1.82) is 0 Å². The van der Waals surface area contributed by atoms with Gasteiger partial charge in [-0.15, -0.1) is 23.7 Å². The third kappa shape index (κ3) is 6.62. The molecule has 4 aromatic rings. The van der Waals surface area contributed by atoms with E-state index in [2.05, 4.69) is 10.2 Å². The maximum atomic E-state index is 12.8. The zero-order valence-electron chi connectivity index (χ0n) is 22.2. The second-order valence-electron chi connectivity index (χ2n) is 9.51. The molecule has 0 saturated carbocycles. The molecule has 5 rings (SSSR count). The smallest absolute Gasteiger partial charge is 0.335 e. The van der Waals surface area contributed by atoms with Crippen molar-refractivity contribution in [2.24, 2.45) is 0 Å². The topological polar surface area (TPSA) is 95.0 Å². The molecule has 8 nitrogen and oxygen atoms in total. The van der Waals surface area contributed by atoms with E-state index in [0.717, 1.165) is 54.1 Å². The van der Waals surface area contributed by atoms with E-state index in [-0.39, 0.29) is 29.9 Å². The van der Waals surface area contributed by atoms with Crippen LogP contribution in [0.4, 0.5) is 22.2 Å². The van der Waals surface area contributed by atoms with Gasteiger partial charge < -0.3 is 25.0 Å². The fraction of sp³-hybridized carbons (Fsp3) is 0.233. The summed E-state index contributed by atoms with van der Waals surface area (Å²) in [4.78, 5) is 33.4. The van der Waals surface area contributed by atoms with Crippen molar-refractivity contribution in [2.45, 2.75) is 19.9 Å². The highest BCUT2D eigenvalue weighted by atomic mass is 35.5. The molecule has 2 heterocycles. The molecule has 40 heavy (non-hydrogen) atoms. The first-order chi connectivity index (χ1) is 18.9. The SMILES string of the molecule is CC(C)N(c1cccc(C(=O)O)c1)c1nc(-c2ccc(NC(=O)c3ccc(N4CCOCC4)cc3)cc2)cs1.Cl. The standard InChI is InChI=1S/C30H30N4O4S.ClH/c1-20(2)34(26-5-3-4-23(18-26)29(36)37)30-32-27(19-39-30)21-6-10-24(11-7-21)31-28(35)22-8-12-25(13-9-22)33-14-16-38-17-15-33;/h3-13,18-20H,14-17H2,1-2H3,(H,31,35)(H,36,37);1H. The van der Waals surface area contributed by atoms with Crippen LogP contribution in [-0.2, 0) is 4.74 Å². The molecule has 0 spiro atoms. The largest absolute Gasteiger partial charge is 0.478 e. The Kier molecular flexibility index (Phi) is 9.42. The van der Waals surface area contributed by atoms with Gasteiger partial charge in [0.1, 0.15) is 0 Å². The normalized spacial score (nSPS) is 13.0. The molecule has 0 radical (unpaired) electrons. The minimum Gasteiger partial charge on any atom is -0.478 e. The van der Waals surface area contributed by atoms with Crippen molar-refractivity contribution in [2.75, 3.05) is 41.4 Å². The van der Waals surface area contributed by atoms with Gasteiger partial charge in [-0.25, -0.2) is 9.78 Å². The maximum absolute atomic E-state index is 12.8. The third-order valence-electron chi connectivity index (χ3n) is 6.53. The second kappa shape index (κ2) is 13.0. The number of nitrogens with zero attached hydrogens (tertiary/aromatic N) is 3. The van der Waals surface area contributed by atoms with Gasteiger partial charge in [0.15, 0.2) is 5.13 Å². The van der Waals surface area contributed by atoms with Crippen LogP contribution in [0.2, 0.25) is 0 Å². The van der Waals surface area contributed by atoms with E-state index >= 15 is 0 Å². The van der Waals surface area contributed by atoms with Crippen molar-refractivity contribution in [3.63, 3.8) is 0 Å². The van der Waals surface area contributed by atoms with Gasteiger partial charge in [0.2, 0.25) is 0 Å². The average Bonchev–Trinajstić information content (AvgIpc) is 3.43. The molecule has 3 aromatic carbocycles. The number of aromatic carboxylic acids is 1. The monoisotopic (exact) mass is 578 g/mol. The molecule has 1 amide bonds. The van der Waals surface area contributed by atoms with Crippen LogP contribution >= 0.6 is 23.7 Å². The first-order valence-electron chi connectivity index (χ1n) is 12.8. The van der Waals surface area contributed by atoms with E-state index in [1.165, 1.54) is 11.3 Å². The molecule has 0 bridgehead atoms. The van der Waals surface area contributed by atoms with E-state index in [0.29, 0.717) is 11.3 Å². The summed E-state index contributed by atoms with van der Waals surface area (Å²) in [7, 11) is 0. The van der Waals surface area contributed by atoms with Crippen LogP contribution in [0.1, 0.15) is 34.6 Å². The summed E-state index contributed by atoms with van der Waals surface area (Å²) in [6.45, 7) is 7.23. The quantitative estimate of drug-likeness (QED) is 0.244. The third-order valence-corrected chi connectivity index (χ3v) is 7.37. The molecule has 0 aliphatic carbocycles. The van der Waals surface area contributed by atoms with Gasteiger partial charge in [-0.1, -0.05) is 18.2 Å². The highest BCUT2D eigenvalue weighted by molar-refractivity contribution is 7.14. The molecule has 1 aliphatic heterocycles. The fourth-order valence-corrected chi connectivity index (χ4v) is 5.49. The summed E-state index contributed by atoms with van der Waals surface area (Å²) < 4.78 is 5.41. The summed E-state index contributed by atoms with van der Waals surface area (Å²) in [5.41, 5.74) is 5.14. The Morgan fingerprint density at radius 1 is 1.00 bits per heavy atom. The number of carboxylic acids is 1. The minimum absolute atomic E-state index is 0. The Labute approximate surface area is 243 Å². The molecule has 208 valence electrons. The van der Waals surface area contributed by atoms with Gasteiger partial charge in [-0.05, 0) is 68.4 Å². The van der Waals surface area contributed by atoms with Crippen molar-refractivity contribution in [1.82, 2.24) is 4.98 Å². The molecule has 0 atom stereocenters. The van der Waals surface area contributed by atoms with E-state index in [1.54, 1.807) is 18.2 Å². The van der Waals surface area contributed by atoms with E-state index in [4.69, 9.17) is 9.72 Å². The predicted molar refractivity (Wildman–Crippen MR) is 163 cm³/mol. The number of anilines is 4. The minimum atomic E-state index is -0.961. The number of thiazole rings is 1. The van der Waals surface area contributed by atoms with Crippen molar-refractivity contribution in [3.05, 3.63) is 89.3 Å². The number of hydrogen-bond acceptors (Lipinski definition) is 7. The molecule has 2 N–H and O–H groups in total. The number of amides is 1. The Balaban J connectivity index is 0.00000370. The number of morpholine rings is 1. The van der Waals surface area contributed by atoms with Crippen LogP contribution in [0.25, 0.3) is 11.3 Å². The summed E-state index contributed by atoms with van der Waals surface area (Å²) in [5, 5.41) is 15.1. The van der Waals surface area contributed by atoms with Crippen LogP contribution in [0.15, 0.2) is 78.2 Å². The fourth-order valence-electron chi connectivity index (χ4n) is 4.50. The van der Waals surface area contributed by atoms with Crippen molar-refractivity contribution < 1.29 is 19.4 Å². The van der Waals surface area contributed by atoms with Crippen LogP contribution in [-0.4, -0.2) is 54.3 Å². The lowest BCUT2D eigenvalue weighted by atomic mass is 10.1. The van der Waals surface area contributed by atoms with Gasteiger partial charge in [0.25, 0.3) is 5.91 Å². The molecule has 1 saturated heterocycles. The van der Waals surface area contributed by atoms with E-state index in [1.807, 2.05) is 78.7 Å². The zero-order chi connectivity index (χ0) is 27.4. The number of nitrogens with one attached hydrogen (secondary N) is 1. The van der Waals surface area contributed by atoms with E-state index < -0.39 is 5.97 Å². The highest BCUT2D eigenvalue weighted by Gasteiger charge is 2.19.